The number of rotatable bonds is 1. The van der Waals surface area contributed by atoms with E-state index in [0.29, 0.717) is 12.3 Å². The SMILES string of the molecule is FC(F)(F)Oc1ncc(Cl)cc1C(F)(F)F. The van der Waals surface area contributed by atoms with E-state index in [2.05, 4.69) is 9.72 Å². The van der Waals surface area contributed by atoms with Crippen LogP contribution in [0, 0.1) is 0 Å². The van der Waals surface area contributed by atoms with E-state index in [1.807, 2.05) is 0 Å². The first-order chi connectivity index (χ1) is 7.09. The summed E-state index contributed by atoms with van der Waals surface area (Å²) in [4.78, 5) is 2.84. The lowest BCUT2D eigenvalue weighted by molar-refractivity contribution is -0.277. The van der Waals surface area contributed by atoms with Gasteiger partial charge in [-0.15, -0.1) is 13.2 Å². The number of halogens is 7. The summed E-state index contributed by atoms with van der Waals surface area (Å²) in [6, 6.07) is 0.301. The molecule has 1 heterocycles. The highest BCUT2D eigenvalue weighted by Crippen LogP contribution is 2.38. The van der Waals surface area contributed by atoms with Gasteiger partial charge in [-0.3, -0.25) is 0 Å². The van der Waals surface area contributed by atoms with Gasteiger partial charge in [0.1, 0.15) is 5.56 Å². The van der Waals surface area contributed by atoms with Crippen molar-refractivity contribution in [1.29, 1.82) is 0 Å². The van der Waals surface area contributed by atoms with Crippen LogP contribution in [0.3, 0.4) is 0 Å². The third-order valence-corrected chi connectivity index (χ3v) is 1.54. The number of ether oxygens (including phenoxy) is 1. The Morgan fingerprint density at radius 2 is 1.69 bits per heavy atom. The van der Waals surface area contributed by atoms with Gasteiger partial charge in [0.05, 0.1) is 5.02 Å². The van der Waals surface area contributed by atoms with Crippen LogP contribution in [-0.4, -0.2) is 11.3 Å². The van der Waals surface area contributed by atoms with Crippen LogP contribution in [0.4, 0.5) is 26.3 Å². The Morgan fingerprint density at radius 1 is 1.12 bits per heavy atom. The summed E-state index contributed by atoms with van der Waals surface area (Å²) in [5, 5.41) is -0.443. The normalized spacial score (nSPS) is 12.7. The van der Waals surface area contributed by atoms with Crippen LogP contribution in [-0.2, 0) is 6.18 Å². The number of alkyl halides is 6. The van der Waals surface area contributed by atoms with Crippen molar-refractivity contribution in [3.05, 3.63) is 22.8 Å². The van der Waals surface area contributed by atoms with Crippen molar-refractivity contribution in [1.82, 2.24) is 4.98 Å². The van der Waals surface area contributed by atoms with Crippen LogP contribution in [0.2, 0.25) is 5.02 Å². The lowest BCUT2D eigenvalue weighted by Crippen LogP contribution is -2.21. The second kappa shape index (κ2) is 4.00. The summed E-state index contributed by atoms with van der Waals surface area (Å²) in [7, 11) is 0. The van der Waals surface area contributed by atoms with Crippen LogP contribution in [0.25, 0.3) is 0 Å². The van der Waals surface area contributed by atoms with Crippen LogP contribution in [0.15, 0.2) is 12.3 Å². The number of aromatic nitrogens is 1. The fourth-order valence-corrected chi connectivity index (χ4v) is 0.979. The van der Waals surface area contributed by atoms with E-state index in [1.54, 1.807) is 0 Å². The topological polar surface area (TPSA) is 22.1 Å². The number of nitrogens with zero attached hydrogens (tertiary/aromatic N) is 1. The molecular formula is C7H2ClF6NO. The number of hydrogen-bond acceptors (Lipinski definition) is 2. The highest BCUT2D eigenvalue weighted by Gasteiger charge is 2.40. The summed E-state index contributed by atoms with van der Waals surface area (Å²) >= 11 is 5.19. The van der Waals surface area contributed by atoms with Crippen LogP contribution in [0.1, 0.15) is 5.56 Å². The molecule has 0 radical (unpaired) electrons. The Morgan fingerprint density at radius 3 is 2.12 bits per heavy atom. The molecule has 0 aliphatic carbocycles. The first kappa shape index (κ1) is 12.9. The monoisotopic (exact) mass is 265 g/mol. The Hall–Kier alpha value is -1.18. The standard InChI is InChI=1S/C7H2ClF6NO/c8-3-1-4(6(9,10)11)5(15-2-3)16-7(12,13)14/h1-2H. The largest absolute Gasteiger partial charge is 0.574 e. The lowest BCUT2D eigenvalue weighted by atomic mass is 10.2. The van der Waals surface area contributed by atoms with Crippen LogP contribution >= 0.6 is 11.6 Å². The van der Waals surface area contributed by atoms with Gasteiger partial charge in [-0.05, 0) is 6.07 Å². The van der Waals surface area contributed by atoms with E-state index in [-0.39, 0.29) is 0 Å². The molecule has 2 nitrogen and oxygen atoms in total. The molecular weight excluding hydrogens is 264 g/mol. The molecule has 0 fully saturated rings. The predicted molar refractivity (Wildman–Crippen MR) is 40.9 cm³/mol. The zero-order valence-electron chi connectivity index (χ0n) is 7.16. The Balaban J connectivity index is 3.19. The number of pyridine rings is 1. The van der Waals surface area contributed by atoms with Crippen molar-refractivity contribution in [3.63, 3.8) is 0 Å². The van der Waals surface area contributed by atoms with E-state index in [4.69, 9.17) is 11.6 Å². The molecule has 0 saturated carbocycles. The van der Waals surface area contributed by atoms with Gasteiger partial charge in [0, 0.05) is 6.20 Å². The Kier molecular flexibility index (Phi) is 3.22. The molecule has 0 atom stereocenters. The molecule has 16 heavy (non-hydrogen) atoms. The average molecular weight is 266 g/mol. The third-order valence-electron chi connectivity index (χ3n) is 1.34. The summed E-state index contributed by atoms with van der Waals surface area (Å²) in [5.74, 6) is -1.58. The van der Waals surface area contributed by atoms with Gasteiger partial charge in [0.25, 0.3) is 0 Å². The van der Waals surface area contributed by atoms with Gasteiger partial charge in [0.2, 0.25) is 5.88 Å². The Labute approximate surface area is 89.8 Å². The van der Waals surface area contributed by atoms with Crippen molar-refractivity contribution in [2.45, 2.75) is 12.5 Å². The third kappa shape index (κ3) is 3.44. The van der Waals surface area contributed by atoms with Gasteiger partial charge >= 0.3 is 12.5 Å². The summed E-state index contributed by atoms with van der Waals surface area (Å²) in [5.41, 5.74) is -1.68. The molecule has 0 aliphatic heterocycles. The lowest BCUT2D eigenvalue weighted by Gasteiger charge is -2.13. The summed E-state index contributed by atoms with van der Waals surface area (Å²) in [6.45, 7) is 0. The van der Waals surface area contributed by atoms with E-state index in [9.17, 15) is 26.3 Å². The maximum Gasteiger partial charge on any atom is 0.574 e. The van der Waals surface area contributed by atoms with Gasteiger partial charge < -0.3 is 4.74 Å². The smallest absolute Gasteiger partial charge is 0.387 e. The van der Waals surface area contributed by atoms with Gasteiger partial charge in [-0.2, -0.15) is 13.2 Å². The summed E-state index contributed by atoms with van der Waals surface area (Å²) in [6.07, 6.45) is -9.66. The molecule has 1 aromatic heterocycles. The molecule has 9 heteroatoms. The van der Waals surface area contributed by atoms with Crippen molar-refractivity contribution in [2.75, 3.05) is 0 Å². The second-order valence-corrected chi connectivity index (χ2v) is 2.99. The predicted octanol–water partition coefficient (Wildman–Crippen LogP) is 3.65. The minimum atomic E-state index is -5.25. The quantitative estimate of drug-likeness (QED) is 0.723. The highest BCUT2D eigenvalue weighted by atomic mass is 35.5. The molecule has 0 N–H and O–H groups in total. The fourth-order valence-electron chi connectivity index (χ4n) is 0.821. The fraction of sp³-hybridized carbons (Fsp3) is 0.286. The van der Waals surface area contributed by atoms with Gasteiger partial charge in [-0.1, -0.05) is 11.6 Å². The molecule has 0 aliphatic rings. The average Bonchev–Trinajstić information content (AvgIpc) is 2.04. The van der Waals surface area contributed by atoms with E-state index < -0.39 is 29.0 Å². The Bertz CT molecular complexity index is 387. The molecule has 90 valence electrons. The zero-order chi connectivity index (χ0) is 12.6. The molecule has 0 bridgehead atoms. The van der Waals surface area contributed by atoms with E-state index >= 15 is 0 Å². The molecule has 0 saturated heterocycles. The molecule has 0 amide bonds. The molecule has 1 rings (SSSR count). The van der Waals surface area contributed by atoms with Crippen LogP contribution < -0.4 is 4.74 Å². The minimum absolute atomic E-state index is 0.301. The molecule has 0 aromatic carbocycles. The number of hydrogen-bond donors (Lipinski definition) is 0. The van der Waals surface area contributed by atoms with Crippen LogP contribution in [0.5, 0.6) is 5.88 Å². The molecule has 0 unspecified atom stereocenters. The van der Waals surface area contributed by atoms with E-state index in [0.717, 1.165) is 0 Å². The second-order valence-electron chi connectivity index (χ2n) is 2.55. The minimum Gasteiger partial charge on any atom is -0.387 e. The molecule has 1 aromatic rings. The van der Waals surface area contributed by atoms with Crippen molar-refractivity contribution in [2.24, 2.45) is 0 Å². The van der Waals surface area contributed by atoms with Crippen molar-refractivity contribution < 1.29 is 31.1 Å². The van der Waals surface area contributed by atoms with E-state index in [1.165, 1.54) is 0 Å². The first-order valence-corrected chi connectivity index (χ1v) is 3.96. The maximum absolute atomic E-state index is 12.3. The zero-order valence-corrected chi connectivity index (χ0v) is 7.91. The first-order valence-electron chi connectivity index (χ1n) is 3.58. The van der Waals surface area contributed by atoms with Crippen molar-refractivity contribution in [3.8, 4) is 5.88 Å². The van der Waals surface area contributed by atoms with Gasteiger partial charge in [-0.25, -0.2) is 4.98 Å². The maximum atomic E-state index is 12.3. The highest BCUT2D eigenvalue weighted by molar-refractivity contribution is 6.30. The summed E-state index contributed by atoms with van der Waals surface area (Å²) < 4.78 is 75.1. The molecule has 0 spiro atoms. The van der Waals surface area contributed by atoms with Gasteiger partial charge in [0.15, 0.2) is 0 Å². The van der Waals surface area contributed by atoms with Crippen molar-refractivity contribution >= 4 is 11.6 Å².